The second kappa shape index (κ2) is 2.09. The highest BCUT2D eigenvalue weighted by molar-refractivity contribution is 5.27. The Balaban J connectivity index is 2.22. The van der Waals surface area contributed by atoms with Gasteiger partial charge in [0.05, 0.1) is 6.10 Å². The molecule has 10 heavy (non-hydrogen) atoms. The van der Waals surface area contributed by atoms with Gasteiger partial charge in [0.25, 0.3) is 0 Å². The Morgan fingerprint density at radius 1 is 1.50 bits per heavy atom. The largest absolute Gasteiger partial charge is 0.389 e. The lowest BCUT2D eigenvalue weighted by Gasteiger charge is -2.13. The predicted molar refractivity (Wildman–Crippen MR) is 40.7 cm³/mol. The summed E-state index contributed by atoms with van der Waals surface area (Å²) < 4.78 is 0. The van der Waals surface area contributed by atoms with Crippen molar-refractivity contribution in [2.24, 2.45) is 5.92 Å². The zero-order valence-corrected chi connectivity index (χ0v) is 6.43. The fraction of sp³-hybridized carbons (Fsp3) is 0.778. The quantitative estimate of drug-likeness (QED) is 0.548. The predicted octanol–water partition coefficient (Wildman–Crippen LogP) is 1.87. The summed E-state index contributed by atoms with van der Waals surface area (Å²) in [5.74, 6) is 0.902. The average molecular weight is 138 g/mol. The van der Waals surface area contributed by atoms with Crippen LogP contribution in [-0.4, -0.2) is 11.2 Å². The van der Waals surface area contributed by atoms with Crippen LogP contribution in [0.3, 0.4) is 0 Å². The van der Waals surface area contributed by atoms with Gasteiger partial charge in [-0.1, -0.05) is 5.57 Å². The molecule has 2 aliphatic carbocycles. The van der Waals surface area contributed by atoms with Gasteiger partial charge in [-0.25, -0.2) is 0 Å². The first-order valence-electron chi connectivity index (χ1n) is 4.16. The van der Waals surface area contributed by atoms with Crippen LogP contribution >= 0.6 is 0 Å². The van der Waals surface area contributed by atoms with E-state index in [-0.39, 0.29) is 6.10 Å². The Hall–Kier alpha value is -0.300. The van der Waals surface area contributed by atoms with Crippen LogP contribution in [-0.2, 0) is 0 Å². The molecule has 0 aromatic carbocycles. The van der Waals surface area contributed by atoms with Crippen LogP contribution in [0.15, 0.2) is 11.1 Å². The molecular formula is C9H14O. The summed E-state index contributed by atoms with van der Waals surface area (Å²) in [5, 5.41) is 9.32. The Morgan fingerprint density at radius 3 is 2.60 bits per heavy atom. The monoisotopic (exact) mass is 138 g/mol. The normalized spacial score (nSPS) is 33.6. The summed E-state index contributed by atoms with van der Waals surface area (Å²) in [7, 11) is 0. The maximum atomic E-state index is 9.32. The van der Waals surface area contributed by atoms with Crippen LogP contribution in [0.1, 0.15) is 32.6 Å². The minimum absolute atomic E-state index is 0.166. The molecule has 0 amide bonds. The summed E-state index contributed by atoms with van der Waals surface area (Å²) in [5.41, 5.74) is 2.93. The fourth-order valence-electron chi connectivity index (χ4n) is 2.32. The Bertz CT molecular complexity index is 179. The lowest BCUT2D eigenvalue weighted by molar-refractivity contribution is 0.223. The molecule has 56 valence electrons. The lowest BCUT2D eigenvalue weighted by Crippen LogP contribution is -2.07. The molecule has 0 radical (unpaired) electrons. The average Bonchev–Trinajstić information content (AvgIpc) is 2.44. The van der Waals surface area contributed by atoms with E-state index in [4.69, 9.17) is 0 Å². The molecular weight excluding hydrogens is 124 g/mol. The van der Waals surface area contributed by atoms with Crippen molar-refractivity contribution in [1.29, 1.82) is 0 Å². The molecule has 0 saturated heterocycles. The third-order valence-corrected chi connectivity index (χ3v) is 2.86. The van der Waals surface area contributed by atoms with Crippen LogP contribution < -0.4 is 0 Å². The lowest BCUT2D eigenvalue weighted by atomic mass is 9.96. The van der Waals surface area contributed by atoms with Crippen molar-refractivity contribution < 1.29 is 5.11 Å². The van der Waals surface area contributed by atoms with Crippen LogP contribution in [0.25, 0.3) is 0 Å². The van der Waals surface area contributed by atoms with Gasteiger partial charge in [-0.2, -0.15) is 0 Å². The van der Waals surface area contributed by atoms with E-state index in [1.807, 2.05) is 6.92 Å². The Morgan fingerprint density at radius 2 is 2.30 bits per heavy atom. The van der Waals surface area contributed by atoms with Crippen molar-refractivity contribution >= 4 is 0 Å². The van der Waals surface area contributed by atoms with E-state index in [9.17, 15) is 5.11 Å². The number of aliphatic hydroxyl groups is 1. The highest BCUT2D eigenvalue weighted by Gasteiger charge is 2.31. The molecule has 1 fully saturated rings. The van der Waals surface area contributed by atoms with E-state index in [1.54, 1.807) is 5.57 Å². The van der Waals surface area contributed by atoms with Crippen LogP contribution in [0, 0.1) is 5.92 Å². The summed E-state index contributed by atoms with van der Waals surface area (Å²) in [6.07, 6.45) is 4.96. The highest BCUT2D eigenvalue weighted by atomic mass is 16.3. The molecule has 0 heterocycles. The Kier molecular flexibility index (Phi) is 1.34. The number of aliphatic hydroxyl groups excluding tert-OH is 1. The molecule has 2 aliphatic rings. The minimum atomic E-state index is -0.166. The van der Waals surface area contributed by atoms with E-state index in [2.05, 4.69) is 0 Å². The molecule has 2 atom stereocenters. The standard InChI is InChI=1S/C9H14O/c1-6(10)9-5-7-2-3-8(9)4-7/h6-7,10H,2-5H2,1H3. The first-order chi connectivity index (χ1) is 4.77. The van der Waals surface area contributed by atoms with E-state index in [0.29, 0.717) is 0 Å². The first-order valence-corrected chi connectivity index (χ1v) is 4.16. The molecule has 0 aromatic rings. The van der Waals surface area contributed by atoms with Crippen molar-refractivity contribution in [3.8, 4) is 0 Å². The maximum Gasteiger partial charge on any atom is 0.0724 e. The van der Waals surface area contributed by atoms with E-state index in [1.165, 1.54) is 31.3 Å². The van der Waals surface area contributed by atoms with E-state index >= 15 is 0 Å². The number of rotatable bonds is 1. The van der Waals surface area contributed by atoms with Crippen LogP contribution in [0.2, 0.25) is 0 Å². The van der Waals surface area contributed by atoms with Crippen molar-refractivity contribution in [2.45, 2.75) is 38.7 Å². The fourth-order valence-corrected chi connectivity index (χ4v) is 2.32. The van der Waals surface area contributed by atoms with Gasteiger partial charge in [0.15, 0.2) is 0 Å². The van der Waals surface area contributed by atoms with Gasteiger partial charge in [-0.05, 0) is 44.1 Å². The zero-order valence-electron chi connectivity index (χ0n) is 6.43. The van der Waals surface area contributed by atoms with Crippen molar-refractivity contribution in [1.82, 2.24) is 0 Å². The third-order valence-electron chi connectivity index (χ3n) is 2.86. The van der Waals surface area contributed by atoms with Crippen molar-refractivity contribution in [3.63, 3.8) is 0 Å². The molecule has 2 rings (SSSR count). The molecule has 2 bridgehead atoms. The van der Waals surface area contributed by atoms with Crippen LogP contribution in [0.5, 0.6) is 0 Å². The third kappa shape index (κ3) is 0.807. The zero-order chi connectivity index (χ0) is 7.14. The second-order valence-corrected chi connectivity index (χ2v) is 3.62. The van der Waals surface area contributed by atoms with E-state index < -0.39 is 0 Å². The van der Waals surface area contributed by atoms with E-state index in [0.717, 1.165) is 5.92 Å². The second-order valence-electron chi connectivity index (χ2n) is 3.62. The summed E-state index contributed by atoms with van der Waals surface area (Å²) in [6, 6.07) is 0. The van der Waals surface area contributed by atoms with Gasteiger partial charge < -0.3 is 5.11 Å². The molecule has 1 heteroatoms. The molecule has 1 N–H and O–H groups in total. The minimum Gasteiger partial charge on any atom is -0.389 e. The summed E-state index contributed by atoms with van der Waals surface area (Å²) in [4.78, 5) is 0. The number of fused-ring (bicyclic) bond motifs is 2. The van der Waals surface area contributed by atoms with Gasteiger partial charge in [0, 0.05) is 0 Å². The van der Waals surface area contributed by atoms with Gasteiger partial charge in [-0.3, -0.25) is 0 Å². The van der Waals surface area contributed by atoms with Crippen molar-refractivity contribution in [2.75, 3.05) is 0 Å². The Labute approximate surface area is 61.8 Å². The molecule has 0 aromatic heterocycles. The highest BCUT2D eigenvalue weighted by Crippen LogP contribution is 2.44. The number of hydrogen-bond donors (Lipinski definition) is 1. The van der Waals surface area contributed by atoms with Crippen LogP contribution in [0.4, 0.5) is 0 Å². The van der Waals surface area contributed by atoms with Crippen molar-refractivity contribution in [3.05, 3.63) is 11.1 Å². The van der Waals surface area contributed by atoms with Gasteiger partial charge >= 0.3 is 0 Å². The molecule has 0 spiro atoms. The molecule has 2 unspecified atom stereocenters. The van der Waals surface area contributed by atoms with Gasteiger partial charge in [-0.15, -0.1) is 0 Å². The molecule has 1 saturated carbocycles. The first kappa shape index (κ1) is 6.41. The topological polar surface area (TPSA) is 20.2 Å². The summed E-state index contributed by atoms with van der Waals surface area (Å²) in [6.45, 7) is 1.89. The molecule has 0 aliphatic heterocycles. The number of hydrogen-bond acceptors (Lipinski definition) is 1. The molecule has 1 nitrogen and oxygen atoms in total. The number of allylic oxidation sites excluding steroid dienone is 1. The maximum absolute atomic E-state index is 9.32. The van der Waals surface area contributed by atoms with Gasteiger partial charge in [0.1, 0.15) is 0 Å². The summed E-state index contributed by atoms with van der Waals surface area (Å²) >= 11 is 0. The van der Waals surface area contributed by atoms with Gasteiger partial charge in [0.2, 0.25) is 0 Å². The smallest absolute Gasteiger partial charge is 0.0724 e. The SMILES string of the molecule is CC(O)C1=C2CCC(C2)C1.